The molecule has 1 aliphatic rings. The quantitative estimate of drug-likeness (QED) is 0.112. The zero-order chi connectivity index (χ0) is 28.9. The van der Waals surface area contributed by atoms with Gasteiger partial charge in [0.05, 0.1) is 22.8 Å². The van der Waals surface area contributed by atoms with Gasteiger partial charge in [0.1, 0.15) is 4.05 Å². The normalized spacial score (nSPS) is 17.7. The van der Waals surface area contributed by atoms with Crippen LogP contribution in [0.4, 0.5) is 5.95 Å². The lowest BCUT2D eigenvalue weighted by molar-refractivity contribution is -0.126. The topological polar surface area (TPSA) is 83.4 Å². The molecule has 0 radical (unpaired) electrons. The number of carbonyl (C=O) groups excluding carboxylic acids is 2. The number of nitrogens with one attached hydrogen (secondary N) is 1. The number of benzene rings is 2. The van der Waals surface area contributed by atoms with Crippen molar-refractivity contribution < 1.29 is 9.59 Å². The second-order valence-corrected chi connectivity index (χ2v) is 11.9. The number of fused-ring (bicyclic) bond motifs is 1. The number of halogens is 1. The minimum atomic E-state index is -0.253. The molecule has 1 fully saturated rings. The van der Waals surface area contributed by atoms with E-state index in [1.165, 1.54) is 0 Å². The number of alkyl halides is 1. The fourth-order valence-corrected chi connectivity index (χ4v) is 6.53. The highest BCUT2D eigenvalue weighted by Crippen LogP contribution is 2.38. The predicted molar refractivity (Wildman–Crippen MR) is 172 cm³/mol. The molecule has 2 aromatic carbocycles. The fourth-order valence-electron chi connectivity index (χ4n) is 5.29. The van der Waals surface area contributed by atoms with E-state index in [2.05, 4.69) is 50.4 Å². The van der Waals surface area contributed by atoms with E-state index in [0.29, 0.717) is 24.6 Å². The number of likely N-dealkylation sites (N-methyl/N-ethyl adjacent to an activating group) is 1. The molecular formula is C32H35IN6O2. The van der Waals surface area contributed by atoms with Gasteiger partial charge in [-0.3, -0.25) is 19.9 Å². The van der Waals surface area contributed by atoms with Crippen molar-refractivity contribution in [3.63, 3.8) is 0 Å². The second-order valence-electron chi connectivity index (χ2n) is 10.6. The molecular weight excluding hydrogens is 627 g/mol. The van der Waals surface area contributed by atoms with Crippen molar-refractivity contribution in [2.45, 2.75) is 36.3 Å². The Morgan fingerprint density at radius 1 is 1.10 bits per heavy atom. The van der Waals surface area contributed by atoms with E-state index >= 15 is 0 Å². The summed E-state index contributed by atoms with van der Waals surface area (Å²) in [6.45, 7) is 3.46. The van der Waals surface area contributed by atoms with Crippen LogP contribution in [0.15, 0.2) is 79.0 Å². The van der Waals surface area contributed by atoms with Crippen molar-refractivity contribution in [1.29, 1.82) is 0 Å². The number of hydrogen-bond acceptors (Lipinski definition) is 5. The highest BCUT2D eigenvalue weighted by Gasteiger charge is 2.34. The Labute approximate surface area is 254 Å². The van der Waals surface area contributed by atoms with Gasteiger partial charge < -0.3 is 14.4 Å². The molecule has 41 heavy (non-hydrogen) atoms. The van der Waals surface area contributed by atoms with Crippen molar-refractivity contribution in [3.05, 3.63) is 90.1 Å². The standard InChI is InChI=1S/C32H35IN6O2/c1-22-11-9-14-25-29(22)39(27-15-7-8-20-38(30(27)33)28(40)16-10-19-37(2)3)32(35-25)36-31(41)24-17-18-34-26(21-24)23-12-5-4-6-13-23/h4-6,9-14,16-18,21,27,30H,7-8,15,19-20H2,1-3H3,(H,35,36,41). The molecule has 1 saturated heterocycles. The Morgan fingerprint density at radius 2 is 1.90 bits per heavy atom. The Kier molecular flexibility index (Phi) is 9.14. The number of imidazole rings is 1. The molecule has 9 heteroatoms. The summed E-state index contributed by atoms with van der Waals surface area (Å²) in [7, 11) is 3.96. The zero-order valence-corrected chi connectivity index (χ0v) is 25.8. The molecule has 1 N–H and O–H groups in total. The van der Waals surface area contributed by atoms with E-state index in [1.54, 1.807) is 24.4 Å². The Hall–Kier alpha value is -3.57. The first-order chi connectivity index (χ1) is 19.8. The molecule has 1 aliphatic heterocycles. The summed E-state index contributed by atoms with van der Waals surface area (Å²) < 4.78 is 2.03. The van der Waals surface area contributed by atoms with Crippen molar-refractivity contribution >= 4 is 51.4 Å². The molecule has 5 rings (SSSR count). The van der Waals surface area contributed by atoms with E-state index in [-0.39, 0.29) is 21.9 Å². The lowest BCUT2D eigenvalue weighted by Gasteiger charge is -2.32. The van der Waals surface area contributed by atoms with E-state index < -0.39 is 0 Å². The molecule has 2 amide bonds. The number of aromatic nitrogens is 3. The van der Waals surface area contributed by atoms with Gasteiger partial charge in [0.2, 0.25) is 11.9 Å². The van der Waals surface area contributed by atoms with Crippen LogP contribution in [0, 0.1) is 6.92 Å². The van der Waals surface area contributed by atoms with Crippen molar-refractivity contribution in [2.24, 2.45) is 0 Å². The third-order valence-electron chi connectivity index (χ3n) is 7.34. The average molecular weight is 663 g/mol. The summed E-state index contributed by atoms with van der Waals surface area (Å²) in [4.78, 5) is 40.2. The number of para-hydroxylation sites is 1. The van der Waals surface area contributed by atoms with Gasteiger partial charge in [-0.05, 0) is 64.0 Å². The summed E-state index contributed by atoms with van der Waals surface area (Å²) in [6.07, 6.45) is 8.02. The van der Waals surface area contributed by atoms with Gasteiger partial charge >= 0.3 is 0 Å². The van der Waals surface area contributed by atoms with Crippen LogP contribution < -0.4 is 5.32 Å². The van der Waals surface area contributed by atoms with Crippen LogP contribution in [0.25, 0.3) is 22.3 Å². The van der Waals surface area contributed by atoms with E-state index in [4.69, 9.17) is 4.98 Å². The maximum atomic E-state index is 13.6. The number of carbonyl (C=O) groups is 2. The second kappa shape index (κ2) is 12.9. The van der Waals surface area contributed by atoms with Gasteiger partial charge in [-0.25, -0.2) is 4.98 Å². The fraction of sp³-hybridized carbons (Fsp3) is 0.312. The van der Waals surface area contributed by atoms with Crippen molar-refractivity contribution in [1.82, 2.24) is 24.3 Å². The van der Waals surface area contributed by atoms with Gasteiger partial charge in [-0.2, -0.15) is 0 Å². The molecule has 2 unspecified atom stereocenters. The first-order valence-electron chi connectivity index (χ1n) is 13.9. The Morgan fingerprint density at radius 3 is 2.68 bits per heavy atom. The van der Waals surface area contributed by atoms with Crippen LogP contribution in [0.5, 0.6) is 0 Å². The lowest BCUT2D eigenvalue weighted by Crippen LogP contribution is -2.40. The van der Waals surface area contributed by atoms with Gasteiger partial charge in [-0.1, -0.05) is 71.1 Å². The minimum absolute atomic E-state index is 0.00936. The van der Waals surface area contributed by atoms with Crippen LogP contribution >= 0.6 is 22.6 Å². The maximum absolute atomic E-state index is 13.6. The summed E-state index contributed by atoms with van der Waals surface area (Å²) >= 11 is 2.40. The van der Waals surface area contributed by atoms with Gasteiger partial charge in [0.25, 0.3) is 5.91 Å². The molecule has 0 aliphatic carbocycles. The highest BCUT2D eigenvalue weighted by atomic mass is 127. The molecule has 3 heterocycles. The third kappa shape index (κ3) is 6.51. The third-order valence-corrected chi connectivity index (χ3v) is 8.84. The van der Waals surface area contributed by atoms with Crippen molar-refractivity contribution in [3.8, 4) is 11.3 Å². The largest absolute Gasteiger partial charge is 0.325 e. The number of likely N-dealkylation sites (tertiary alicyclic amines) is 1. The summed E-state index contributed by atoms with van der Waals surface area (Å²) in [5, 5.41) is 3.11. The lowest BCUT2D eigenvalue weighted by atomic mass is 10.1. The van der Waals surface area contributed by atoms with Gasteiger partial charge in [-0.15, -0.1) is 0 Å². The molecule has 8 nitrogen and oxygen atoms in total. The van der Waals surface area contributed by atoms with Crippen molar-refractivity contribution in [2.75, 3.05) is 32.5 Å². The number of hydrogen-bond donors (Lipinski definition) is 1. The molecule has 0 saturated carbocycles. The SMILES string of the molecule is Cc1cccc2nc(NC(=O)c3ccnc(-c4ccccc4)c3)n(C3CCCCN(C(=O)C=CCN(C)C)C3I)c12. The molecule has 212 valence electrons. The van der Waals surface area contributed by atoms with Crippen LogP contribution in [0.1, 0.15) is 41.2 Å². The number of rotatable bonds is 7. The number of anilines is 1. The average Bonchev–Trinajstić information content (AvgIpc) is 3.22. The first kappa shape index (κ1) is 28.9. The van der Waals surface area contributed by atoms with Crippen LogP contribution in [-0.4, -0.2) is 67.4 Å². The van der Waals surface area contributed by atoms with Crippen LogP contribution in [0.2, 0.25) is 0 Å². The highest BCUT2D eigenvalue weighted by molar-refractivity contribution is 14.1. The monoisotopic (exact) mass is 662 g/mol. The molecule has 0 bridgehead atoms. The molecule has 2 aromatic heterocycles. The summed E-state index contributed by atoms with van der Waals surface area (Å²) in [5.74, 6) is 0.244. The molecule has 4 aromatic rings. The Balaban J connectivity index is 1.50. The number of nitrogens with zero attached hydrogens (tertiary/aromatic N) is 5. The van der Waals surface area contributed by atoms with E-state index in [1.807, 2.05) is 72.4 Å². The number of amides is 2. The summed E-state index contributed by atoms with van der Waals surface area (Å²) in [5.41, 5.74) is 5.05. The summed E-state index contributed by atoms with van der Waals surface area (Å²) in [6, 6.07) is 19.3. The zero-order valence-electron chi connectivity index (χ0n) is 23.6. The predicted octanol–water partition coefficient (Wildman–Crippen LogP) is 6.09. The minimum Gasteiger partial charge on any atom is -0.325 e. The smallest absolute Gasteiger partial charge is 0.258 e. The van der Waals surface area contributed by atoms with Gasteiger partial charge in [0.15, 0.2) is 0 Å². The van der Waals surface area contributed by atoms with E-state index in [0.717, 1.165) is 47.1 Å². The maximum Gasteiger partial charge on any atom is 0.258 e. The molecule has 0 spiro atoms. The van der Waals surface area contributed by atoms with Crippen LogP contribution in [0.3, 0.4) is 0 Å². The number of pyridine rings is 1. The van der Waals surface area contributed by atoms with Gasteiger partial charge in [0, 0.05) is 36.5 Å². The van der Waals surface area contributed by atoms with Crippen LogP contribution in [-0.2, 0) is 4.79 Å². The Bertz CT molecular complexity index is 1570. The van der Waals surface area contributed by atoms with E-state index in [9.17, 15) is 9.59 Å². The first-order valence-corrected chi connectivity index (χ1v) is 15.1. The number of aryl methyl sites for hydroxylation is 1. The molecule has 2 atom stereocenters.